The number of hydrogen-bond acceptors (Lipinski definition) is 3. The van der Waals surface area contributed by atoms with Crippen molar-refractivity contribution >= 4 is 11.8 Å². The molecular weight excluding hydrogens is 505 g/mol. The number of fused-ring (bicyclic) bond motifs is 1. The smallest absolute Gasteiger partial charge is 0.416 e. The number of carbonyl (C=O) groups excluding carboxylic acids is 2. The molecule has 0 radical (unpaired) electrons. The van der Waals surface area contributed by atoms with Crippen LogP contribution in [0.15, 0.2) is 48.5 Å². The number of para-hydroxylation sites is 1. The summed E-state index contributed by atoms with van der Waals surface area (Å²) in [4.78, 5) is 28.6. The normalized spacial score (nSPS) is 20.7. The number of alkyl halides is 3. The zero-order valence-electron chi connectivity index (χ0n) is 22.9. The lowest BCUT2D eigenvalue weighted by Crippen LogP contribution is -2.53. The molecule has 1 saturated heterocycles. The fourth-order valence-electron chi connectivity index (χ4n) is 5.79. The van der Waals surface area contributed by atoms with E-state index >= 15 is 0 Å². The van der Waals surface area contributed by atoms with Crippen LogP contribution in [0.4, 0.5) is 13.2 Å². The van der Waals surface area contributed by atoms with E-state index in [0.717, 1.165) is 56.4 Å². The SMILES string of the molecule is CC(C)C[C@H]1COc2ccccc2CCCCCC2(CCN(C(=O)c3ccc(C(F)(F)F)cc3)CC2)C(=O)N1. The Hall–Kier alpha value is -3.03. The van der Waals surface area contributed by atoms with E-state index in [-0.39, 0.29) is 23.4 Å². The van der Waals surface area contributed by atoms with Crippen molar-refractivity contribution in [2.24, 2.45) is 11.3 Å². The molecule has 0 aromatic heterocycles. The molecule has 1 fully saturated rings. The molecule has 1 atom stereocenters. The minimum absolute atomic E-state index is 0.0194. The number of halogens is 3. The van der Waals surface area contributed by atoms with Gasteiger partial charge in [-0.05, 0) is 80.3 Å². The van der Waals surface area contributed by atoms with Crippen molar-refractivity contribution in [1.29, 1.82) is 0 Å². The molecule has 2 aromatic rings. The highest BCUT2D eigenvalue weighted by Gasteiger charge is 2.42. The van der Waals surface area contributed by atoms with Gasteiger partial charge in [0.15, 0.2) is 0 Å². The Kier molecular flexibility index (Phi) is 9.23. The summed E-state index contributed by atoms with van der Waals surface area (Å²) in [7, 11) is 0. The van der Waals surface area contributed by atoms with Crippen LogP contribution in [0.5, 0.6) is 5.75 Å². The molecule has 5 nitrogen and oxygen atoms in total. The summed E-state index contributed by atoms with van der Waals surface area (Å²) in [5.74, 6) is 0.979. The van der Waals surface area contributed by atoms with Crippen molar-refractivity contribution in [1.82, 2.24) is 10.2 Å². The van der Waals surface area contributed by atoms with E-state index in [4.69, 9.17) is 4.74 Å². The average Bonchev–Trinajstić information content (AvgIpc) is 2.91. The van der Waals surface area contributed by atoms with Crippen molar-refractivity contribution in [3.05, 3.63) is 65.2 Å². The van der Waals surface area contributed by atoms with Crippen LogP contribution in [-0.4, -0.2) is 42.5 Å². The molecule has 0 saturated carbocycles. The number of nitrogens with zero attached hydrogens (tertiary/aromatic N) is 1. The maximum atomic E-state index is 13.8. The summed E-state index contributed by atoms with van der Waals surface area (Å²) >= 11 is 0. The molecule has 0 aliphatic carbocycles. The minimum atomic E-state index is -4.44. The molecule has 0 bridgehead atoms. The second kappa shape index (κ2) is 12.4. The Morgan fingerprint density at radius 1 is 1.03 bits per heavy atom. The summed E-state index contributed by atoms with van der Waals surface area (Å²) in [6.45, 7) is 5.44. The van der Waals surface area contributed by atoms with E-state index in [1.165, 1.54) is 17.7 Å². The van der Waals surface area contributed by atoms with Crippen LogP contribution < -0.4 is 10.1 Å². The van der Waals surface area contributed by atoms with Gasteiger partial charge in [0.05, 0.1) is 17.0 Å². The monoisotopic (exact) mass is 544 g/mol. The van der Waals surface area contributed by atoms with Gasteiger partial charge in [0, 0.05) is 18.7 Å². The van der Waals surface area contributed by atoms with E-state index in [9.17, 15) is 22.8 Å². The predicted octanol–water partition coefficient (Wildman–Crippen LogP) is 6.65. The van der Waals surface area contributed by atoms with Crippen LogP contribution in [0.3, 0.4) is 0 Å². The van der Waals surface area contributed by atoms with Gasteiger partial charge in [-0.15, -0.1) is 0 Å². The number of hydrogen-bond donors (Lipinski definition) is 1. The van der Waals surface area contributed by atoms with Crippen molar-refractivity contribution in [2.45, 2.75) is 77.4 Å². The lowest BCUT2D eigenvalue weighted by Gasteiger charge is -2.41. The average molecular weight is 545 g/mol. The van der Waals surface area contributed by atoms with E-state index in [2.05, 4.69) is 25.2 Å². The highest BCUT2D eigenvalue weighted by Crippen LogP contribution is 2.38. The van der Waals surface area contributed by atoms with Crippen LogP contribution in [0.2, 0.25) is 0 Å². The van der Waals surface area contributed by atoms with Crippen LogP contribution in [0.1, 0.15) is 80.3 Å². The Morgan fingerprint density at radius 2 is 1.72 bits per heavy atom. The Morgan fingerprint density at radius 3 is 2.38 bits per heavy atom. The molecule has 2 heterocycles. The number of piperidine rings is 1. The molecule has 212 valence electrons. The van der Waals surface area contributed by atoms with Crippen molar-refractivity contribution in [3.8, 4) is 5.75 Å². The van der Waals surface area contributed by atoms with Crippen molar-refractivity contribution in [2.75, 3.05) is 19.7 Å². The molecule has 2 aromatic carbocycles. The fraction of sp³-hybridized carbons (Fsp3) is 0.548. The molecular formula is C31H39F3N2O3. The van der Waals surface area contributed by atoms with Gasteiger partial charge in [-0.3, -0.25) is 9.59 Å². The third-order valence-electron chi connectivity index (χ3n) is 8.05. The molecule has 4 rings (SSSR count). The zero-order valence-corrected chi connectivity index (χ0v) is 22.9. The molecule has 0 unspecified atom stereocenters. The highest BCUT2D eigenvalue weighted by molar-refractivity contribution is 5.94. The molecule has 2 aliphatic rings. The zero-order chi connectivity index (χ0) is 28.0. The number of ether oxygens (including phenoxy) is 1. The third kappa shape index (κ3) is 7.34. The van der Waals surface area contributed by atoms with E-state index in [1.54, 1.807) is 4.90 Å². The summed E-state index contributed by atoms with van der Waals surface area (Å²) in [5, 5.41) is 3.30. The lowest BCUT2D eigenvalue weighted by molar-refractivity contribution is -0.137. The number of rotatable bonds is 3. The third-order valence-corrected chi connectivity index (χ3v) is 8.05. The number of carbonyl (C=O) groups is 2. The topological polar surface area (TPSA) is 58.6 Å². The van der Waals surface area contributed by atoms with Gasteiger partial charge in [-0.1, -0.05) is 44.9 Å². The van der Waals surface area contributed by atoms with E-state index in [1.807, 2.05) is 18.2 Å². The first-order valence-corrected chi connectivity index (χ1v) is 14.1. The minimum Gasteiger partial charge on any atom is -0.491 e. The Balaban J connectivity index is 1.47. The second-order valence-corrected chi connectivity index (χ2v) is 11.4. The number of benzene rings is 2. The number of nitrogens with one attached hydrogen (secondary N) is 1. The maximum Gasteiger partial charge on any atom is 0.416 e. The lowest BCUT2D eigenvalue weighted by atomic mass is 9.73. The van der Waals surface area contributed by atoms with E-state index < -0.39 is 17.2 Å². The largest absolute Gasteiger partial charge is 0.491 e. The Labute approximate surface area is 229 Å². The van der Waals surface area contributed by atoms with E-state index in [0.29, 0.717) is 38.5 Å². The van der Waals surface area contributed by atoms with Crippen molar-refractivity contribution in [3.63, 3.8) is 0 Å². The van der Waals surface area contributed by atoms with Crippen LogP contribution >= 0.6 is 0 Å². The molecule has 39 heavy (non-hydrogen) atoms. The second-order valence-electron chi connectivity index (χ2n) is 11.4. The summed E-state index contributed by atoms with van der Waals surface area (Å²) in [5.41, 5.74) is 0.0659. The van der Waals surface area contributed by atoms with Crippen LogP contribution in [0.25, 0.3) is 0 Å². The highest BCUT2D eigenvalue weighted by atomic mass is 19.4. The van der Waals surface area contributed by atoms with Gasteiger partial charge in [0.2, 0.25) is 5.91 Å². The van der Waals surface area contributed by atoms with Gasteiger partial charge in [0.1, 0.15) is 12.4 Å². The molecule has 2 amide bonds. The number of likely N-dealkylation sites (tertiary alicyclic amines) is 1. The quantitative estimate of drug-likeness (QED) is 0.471. The first kappa shape index (κ1) is 29.0. The molecule has 8 heteroatoms. The standard InChI is InChI=1S/C31H39F3N2O3/c1-22(2)20-26-21-39-27-10-6-5-9-23(27)8-4-3-7-15-30(29(38)35-26)16-18-36(19-17-30)28(37)24-11-13-25(14-12-24)31(32,33)34/h5-6,9-14,22,26H,3-4,7-8,15-21H2,1-2H3,(H,35,38)/t26-/m0/s1. The molecule has 2 aliphatic heterocycles. The van der Waals surface area contributed by atoms with Gasteiger partial charge >= 0.3 is 6.18 Å². The van der Waals surface area contributed by atoms with Gasteiger partial charge in [-0.25, -0.2) is 0 Å². The first-order valence-electron chi connectivity index (χ1n) is 14.1. The summed E-state index contributed by atoms with van der Waals surface area (Å²) < 4.78 is 45.0. The number of aryl methyl sites for hydroxylation is 1. The fourth-order valence-corrected chi connectivity index (χ4v) is 5.79. The Bertz CT molecular complexity index is 1120. The summed E-state index contributed by atoms with van der Waals surface area (Å²) in [6, 6.07) is 12.3. The molecule has 1 spiro atoms. The summed E-state index contributed by atoms with van der Waals surface area (Å²) in [6.07, 6.45) is 1.99. The maximum absolute atomic E-state index is 13.8. The van der Waals surface area contributed by atoms with Gasteiger partial charge in [-0.2, -0.15) is 13.2 Å². The van der Waals surface area contributed by atoms with Crippen molar-refractivity contribution < 1.29 is 27.5 Å². The van der Waals surface area contributed by atoms with Gasteiger partial charge < -0.3 is 15.0 Å². The van der Waals surface area contributed by atoms with Gasteiger partial charge in [0.25, 0.3) is 5.91 Å². The number of amides is 2. The first-order chi connectivity index (χ1) is 18.6. The predicted molar refractivity (Wildman–Crippen MR) is 145 cm³/mol. The van der Waals surface area contributed by atoms with Crippen LogP contribution in [-0.2, 0) is 17.4 Å². The molecule has 1 N–H and O–H groups in total. The van der Waals surface area contributed by atoms with Crippen LogP contribution in [0, 0.1) is 11.3 Å².